The zero-order valence-corrected chi connectivity index (χ0v) is 30.1. The molecule has 0 unspecified atom stereocenters. The first-order chi connectivity index (χ1) is 24.6. The van der Waals surface area contributed by atoms with Crippen LogP contribution < -0.4 is 30.3 Å². The van der Waals surface area contributed by atoms with Crippen molar-refractivity contribution in [3.63, 3.8) is 0 Å². The van der Waals surface area contributed by atoms with Crippen molar-refractivity contribution in [1.29, 1.82) is 0 Å². The summed E-state index contributed by atoms with van der Waals surface area (Å²) in [7, 11) is 7.13. The van der Waals surface area contributed by atoms with Crippen LogP contribution >= 0.6 is 0 Å². The number of likely N-dealkylation sites (N-methyl/N-ethyl adjacent to an activating group) is 2. The summed E-state index contributed by atoms with van der Waals surface area (Å²) < 4.78 is 11.8. The van der Waals surface area contributed by atoms with Crippen LogP contribution in [0.2, 0.25) is 0 Å². The maximum atomic E-state index is 13.8. The molecule has 0 spiro atoms. The number of imidazole rings is 1. The van der Waals surface area contributed by atoms with Gasteiger partial charge in [-0.2, -0.15) is 0 Å². The van der Waals surface area contributed by atoms with E-state index >= 15 is 0 Å². The summed E-state index contributed by atoms with van der Waals surface area (Å²) >= 11 is 0. The Kier molecular flexibility index (Phi) is 12.3. The molecule has 4 aromatic rings. The van der Waals surface area contributed by atoms with Crippen molar-refractivity contribution in [3.8, 4) is 11.5 Å². The zero-order valence-electron chi connectivity index (χ0n) is 30.1. The van der Waals surface area contributed by atoms with Crippen LogP contribution in [0.5, 0.6) is 11.5 Å². The number of aromatic nitrogens is 2. The number of amides is 2. The highest BCUT2D eigenvalue weighted by Crippen LogP contribution is 2.32. The molecule has 0 bridgehead atoms. The summed E-state index contributed by atoms with van der Waals surface area (Å²) in [6.07, 6.45) is 2.18. The Morgan fingerprint density at radius 2 is 1.82 bits per heavy atom. The average Bonchev–Trinajstić information content (AvgIpc) is 3.59. The highest BCUT2D eigenvalue weighted by atomic mass is 16.5. The number of hydrogen-bond acceptors (Lipinski definition) is 10. The first-order valence-electron chi connectivity index (χ1n) is 17.2. The zero-order chi connectivity index (χ0) is 36.5. The summed E-state index contributed by atoms with van der Waals surface area (Å²) in [5, 5.41) is 2.95. The molecule has 4 N–H and O–H groups in total. The molecule has 0 radical (unpaired) electrons. The van der Waals surface area contributed by atoms with Crippen molar-refractivity contribution in [2.45, 2.75) is 26.2 Å². The molecular weight excluding hydrogens is 648 g/mol. The molecule has 270 valence electrons. The van der Waals surface area contributed by atoms with E-state index in [0.29, 0.717) is 60.3 Å². The molecule has 3 aromatic carbocycles. The van der Waals surface area contributed by atoms with Gasteiger partial charge in [0.1, 0.15) is 23.0 Å². The van der Waals surface area contributed by atoms with Gasteiger partial charge in [0.05, 0.1) is 41.9 Å². The minimum absolute atomic E-state index is 0.255. The normalized spacial score (nSPS) is 13.1. The lowest BCUT2D eigenvalue weighted by atomic mass is 10.1. The van der Waals surface area contributed by atoms with E-state index in [1.54, 1.807) is 31.3 Å². The SMILES string of the molecule is COc1cc(C(=O)N(C)c2ccc(C)cc2OCCCCC(=C=O)N2CCN(C)CC2)ccc1C(=O)Nc1cccc2[nH]c(N(C)CCN)nc12. The number of para-hydroxylation sites is 1. The number of aryl methyl sites for hydroxylation is 1. The molecule has 13 heteroatoms. The summed E-state index contributed by atoms with van der Waals surface area (Å²) in [5.41, 5.74) is 10.6. The van der Waals surface area contributed by atoms with Crippen molar-refractivity contribution in [2.24, 2.45) is 5.73 Å². The van der Waals surface area contributed by atoms with E-state index in [4.69, 9.17) is 15.2 Å². The molecule has 1 aliphatic heterocycles. The average molecular weight is 697 g/mol. The Balaban J connectivity index is 1.24. The van der Waals surface area contributed by atoms with Crippen molar-refractivity contribution in [1.82, 2.24) is 19.8 Å². The molecular formula is C38H48N8O5. The number of anilines is 3. The fraction of sp³-hybridized carbons (Fsp3) is 0.395. The van der Waals surface area contributed by atoms with Crippen LogP contribution in [0.1, 0.15) is 45.5 Å². The number of benzene rings is 3. The third-order valence-corrected chi connectivity index (χ3v) is 9.12. The lowest BCUT2D eigenvalue weighted by molar-refractivity contribution is 0.0987. The highest BCUT2D eigenvalue weighted by molar-refractivity contribution is 6.11. The molecule has 0 saturated carbocycles. The minimum Gasteiger partial charge on any atom is -0.496 e. The minimum atomic E-state index is -0.403. The number of nitrogens with one attached hydrogen (secondary N) is 2. The number of fused-ring (bicyclic) bond motifs is 1. The van der Waals surface area contributed by atoms with Gasteiger partial charge in [-0.1, -0.05) is 12.1 Å². The highest BCUT2D eigenvalue weighted by Gasteiger charge is 2.22. The van der Waals surface area contributed by atoms with E-state index < -0.39 is 5.91 Å². The van der Waals surface area contributed by atoms with Crippen molar-refractivity contribution >= 4 is 46.1 Å². The number of carbonyl (C=O) groups excluding carboxylic acids is 3. The van der Waals surface area contributed by atoms with E-state index in [9.17, 15) is 14.4 Å². The van der Waals surface area contributed by atoms with Gasteiger partial charge in [0.15, 0.2) is 0 Å². The quantitative estimate of drug-likeness (QED) is 0.121. The monoisotopic (exact) mass is 696 g/mol. The fourth-order valence-corrected chi connectivity index (χ4v) is 6.05. The Hall–Kier alpha value is -5.36. The first kappa shape index (κ1) is 36.9. The van der Waals surface area contributed by atoms with Crippen LogP contribution in [0.3, 0.4) is 0 Å². The second-order valence-electron chi connectivity index (χ2n) is 12.8. The van der Waals surface area contributed by atoms with Gasteiger partial charge < -0.3 is 45.1 Å². The Morgan fingerprint density at radius 1 is 1.04 bits per heavy atom. The number of allylic oxidation sites excluding steroid dienone is 1. The van der Waals surface area contributed by atoms with E-state index in [-0.39, 0.29) is 17.2 Å². The smallest absolute Gasteiger partial charge is 0.259 e. The third kappa shape index (κ3) is 8.87. The van der Waals surface area contributed by atoms with Crippen LogP contribution in [0, 0.1) is 6.92 Å². The molecule has 1 fully saturated rings. The summed E-state index contributed by atoms with van der Waals surface area (Å²) in [6, 6.07) is 15.9. The van der Waals surface area contributed by atoms with E-state index in [2.05, 4.69) is 38.1 Å². The number of carbonyl (C=O) groups is 2. The molecule has 2 heterocycles. The fourth-order valence-electron chi connectivity index (χ4n) is 6.05. The van der Waals surface area contributed by atoms with E-state index in [1.165, 1.54) is 12.0 Å². The molecule has 1 saturated heterocycles. The second-order valence-corrected chi connectivity index (χ2v) is 12.8. The number of ether oxygens (including phenoxy) is 2. The number of piperazine rings is 1. The molecule has 2 amide bonds. The molecule has 13 nitrogen and oxygen atoms in total. The molecule has 1 aromatic heterocycles. The lowest BCUT2D eigenvalue weighted by Gasteiger charge is -2.34. The largest absolute Gasteiger partial charge is 0.496 e. The molecule has 1 aliphatic rings. The van der Waals surface area contributed by atoms with Gasteiger partial charge in [0.25, 0.3) is 11.8 Å². The number of aromatic amines is 1. The topological polar surface area (TPSA) is 149 Å². The maximum absolute atomic E-state index is 13.8. The first-order valence-corrected chi connectivity index (χ1v) is 17.2. The predicted octanol–water partition coefficient (Wildman–Crippen LogP) is 4.32. The van der Waals surface area contributed by atoms with Crippen LogP contribution in [-0.4, -0.2) is 112 Å². The maximum Gasteiger partial charge on any atom is 0.259 e. The number of nitrogens with zero attached hydrogens (tertiary/aromatic N) is 5. The van der Waals surface area contributed by atoms with E-state index in [1.807, 2.05) is 49.2 Å². The Morgan fingerprint density at radius 3 is 2.55 bits per heavy atom. The van der Waals surface area contributed by atoms with Crippen LogP contribution in [0.4, 0.5) is 17.3 Å². The van der Waals surface area contributed by atoms with Gasteiger partial charge in [0, 0.05) is 58.9 Å². The molecule has 0 aliphatic carbocycles. The second kappa shape index (κ2) is 17.0. The van der Waals surface area contributed by atoms with Crippen molar-refractivity contribution in [3.05, 3.63) is 77.0 Å². The van der Waals surface area contributed by atoms with Gasteiger partial charge >= 0.3 is 0 Å². The molecule has 51 heavy (non-hydrogen) atoms. The summed E-state index contributed by atoms with van der Waals surface area (Å²) in [6.45, 7) is 7.04. The van der Waals surface area contributed by atoms with Crippen molar-refractivity contribution in [2.75, 3.05) is 89.2 Å². The van der Waals surface area contributed by atoms with Crippen LogP contribution in [0.25, 0.3) is 11.0 Å². The van der Waals surface area contributed by atoms with Gasteiger partial charge in [-0.3, -0.25) is 9.59 Å². The van der Waals surface area contributed by atoms with Crippen LogP contribution in [0.15, 0.2) is 60.3 Å². The summed E-state index contributed by atoms with van der Waals surface area (Å²) in [4.78, 5) is 54.6. The van der Waals surface area contributed by atoms with Crippen molar-refractivity contribution < 1.29 is 23.9 Å². The Labute approximate surface area is 299 Å². The van der Waals surface area contributed by atoms with Gasteiger partial charge in [-0.15, -0.1) is 0 Å². The number of nitrogens with two attached hydrogens (primary N) is 1. The standard InChI is InChI=1S/C38H48N8O5/c1-26-12-15-32(34(23-26)51-22-7-6-9-28(25-47)46-20-18-43(2)19-21-46)45(4)37(49)27-13-14-29(33(24-27)50-5)36(48)40-30-10-8-11-31-35(30)42-38(41-31)44(3)17-16-39/h8,10-15,23-24H,6-7,9,16-22,39H2,1-5H3,(H,40,48)(H,41,42). The molecule has 5 rings (SSSR count). The lowest BCUT2D eigenvalue weighted by Crippen LogP contribution is -2.44. The summed E-state index contributed by atoms with van der Waals surface area (Å²) in [5.74, 6) is 2.94. The number of hydrogen-bond donors (Lipinski definition) is 3. The number of unbranched alkanes of at least 4 members (excludes halogenated alkanes) is 1. The van der Waals surface area contributed by atoms with E-state index in [0.717, 1.165) is 55.8 Å². The van der Waals surface area contributed by atoms with Gasteiger partial charge in [-0.05, 0) is 81.3 Å². The molecule has 0 atom stereocenters. The third-order valence-electron chi connectivity index (χ3n) is 9.12. The number of methoxy groups -OCH3 is 1. The van der Waals surface area contributed by atoms with Gasteiger partial charge in [0.2, 0.25) is 5.95 Å². The number of rotatable bonds is 15. The Bertz CT molecular complexity index is 1890. The van der Waals surface area contributed by atoms with Gasteiger partial charge in [-0.25, -0.2) is 9.78 Å². The van der Waals surface area contributed by atoms with Crippen LogP contribution in [-0.2, 0) is 4.79 Å². The number of H-pyrrole nitrogens is 1. The predicted molar refractivity (Wildman–Crippen MR) is 201 cm³/mol.